The Bertz CT molecular complexity index is 260. The van der Waals surface area contributed by atoms with Crippen molar-refractivity contribution in [3.8, 4) is 0 Å². The molecule has 1 unspecified atom stereocenters. The molecule has 1 amide bonds. The standard InChI is InChI=1S/C10H17NO3/c1-7(9(13)14)8(12)11-6-4-5-10(11,2)3/h7H,4-6H2,1-3H3,(H,13,14). The monoisotopic (exact) mass is 199 g/mol. The van der Waals surface area contributed by atoms with Crippen LogP contribution in [-0.4, -0.2) is 34.0 Å². The molecule has 4 nitrogen and oxygen atoms in total. The lowest BCUT2D eigenvalue weighted by atomic mass is 10.0. The summed E-state index contributed by atoms with van der Waals surface area (Å²) in [5.41, 5.74) is -0.180. The van der Waals surface area contributed by atoms with Crippen LogP contribution in [0.3, 0.4) is 0 Å². The third kappa shape index (κ3) is 1.89. The minimum atomic E-state index is -1.04. The summed E-state index contributed by atoms with van der Waals surface area (Å²) in [6.07, 6.45) is 1.91. The number of amides is 1. The van der Waals surface area contributed by atoms with E-state index < -0.39 is 11.9 Å². The van der Waals surface area contributed by atoms with Crippen molar-refractivity contribution in [3.63, 3.8) is 0 Å². The van der Waals surface area contributed by atoms with E-state index in [9.17, 15) is 9.59 Å². The molecule has 14 heavy (non-hydrogen) atoms. The predicted octanol–water partition coefficient (Wildman–Crippen LogP) is 1.11. The molecule has 0 radical (unpaired) electrons. The molecule has 1 saturated heterocycles. The summed E-state index contributed by atoms with van der Waals surface area (Å²) >= 11 is 0. The van der Waals surface area contributed by atoms with Crippen molar-refractivity contribution in [2.45, 2.75) is 39.2 Å². The number of carboxylic acid groups (broad SMARTS) is 1. The SMILES string of the molecule is CC(C(=O)O)C(=O)N1CCCC1(C)C. The van der Waals surface area contributed by atoms with Gasteiger partial charge in [-0.25, -0.2) is 0 Å². The van der Waals surface area contributed by atoms with E-state index in [2.05, 4.69) is 0 Å². The summed E-state index contributed by atoms with van der Waals surface area (Å²) in [5, 5.41) is 8.74. The van der Waals surface area contributed by atoms with Crippen molar-refractivity contribution in [1.29, 1.82) is 0 Å². The molecule has 1 aliphatic heterocycles. The van der Waals surface area contributed by atoms with Crippen molar-refractivity contribution in [2.75, 3.05) is 6.54 Å². The first-order valence-electron chi connectivity index (χ1n) is 4.90. The number of rotatable bonds is 2. The molecular weight excluding hydrogens is 182 g/mol. The molecule has 1 rings (SSSR count). The van der Waals surface area contributed by atoms with Gasteiger partial charge in [0.15, 0.2) is 0 Å². The van der Waals surface area contributed by atoms with Gasteiger partial charge in [-0.2, -0.15) is 0 Å². The number of carbonyl (C=O) groups excluding carboxylic acids is 1. The maximum absolute atomic E-state index is 11.7. The summed E-state index contributed by atoms with van der Waals surface area (Å²) in [6.45, 7) is 6.08. The maximum atomic E-state index is 11.7. The predicted molar refractivity (Wildman–Crippen MR) is 51.8 cm³/mol. The van der Waals surface area contributed by atoms with Gasteiger partial charge >= 0.3 is 5.97 Å². The van der Waals surface area contributed by atoms with E-state index >= 15 is 0 Å². The van der Waals surface area contributed by atoms with Gasteiger partial charge in [-0.05, 0) is 33.6 Å². The van der Waals surface area contributed by atoms with E-state index in [1.165, 1.54) is 6.92 Å². The molecule has 1 N–H and O–H groups in total. The summed E-state index contributed by atoms with van der Waals surface area (Å²) in [6, 6.07) is 0. The fraction of sp³-hybridized carbons (Fsp3) is 0.800. The highest BCUT2D eigenvalue weighted by Gasteiger charge is 2.38. The summed E-state index contributed by atoms with van der Waals surface area (Å²) in [7, 11) is 0. The van der Waals surface area contributed by atoms with Gasteiger partial charge in [0.2, 0.25) is 5.91 Å². The highest BCUT2D eigenvalue weighted by molar-refractivity contribution is 5.96. The summed E-state index contributed by atoms with van der Waals surface area (Å²) in [4.78, 5) is 24.1. The van der Waals surface area contributed by atoms with E-state index in [0.29, 0.717) is 6.54 Å². The van der Waals surface area contributed by atoms with Gasteiger partial charge in [-0.1, -0.05) is 0 Å². The normalized spacial score (nSPS) is 22.1. The molecule has 80 valence electrons. The molecule has 1 fully saturated rings. The molecule has 0 saturated carbocycles. The molecule has 0 aromatic heterocycles. The molecule has 0 spiro atoms. The Morgan fingerprint density at radius 2 is 2.00 bits per heavy atom. The smallest absolute Gasteiger partial charge is 0.315 e. The Balaban J connectivity index is 2.75. The highest BCUT2D eigenvalue weighted by atomic mass is 16.4. The van der Waals surface area contributed by atoms with E-state index in [1.807, 2.05) is 13.8 Å². The van der Waals surface area contributed by atoms with Crippen molar-refractivity contribution >= 4 is 11.9 Å². The largest absolute Gasteiger partial charge is 0.481 e. The lowest BCUT2D eigenvalue weighted by Crippen LogP contribution is -2.46. The van der Waals surface area contributed by atoms with Crippen LogP contribution in [0.1, 0.15) is 33.6 Å². The number of carboxylic acids is 1. The van der Waals surface area contributed by atoms with E-state index in [1.54, 1.807) is 4.90 Å². The first kappa shape index (κ1) is 11.0. The molecule has 1 heterocycles. The van der Waals surface area contributed by atoms with Crippen LogP contribution in [0.15, 0.2) is 0 Å². The van der Waals surface area contributed by atoms with E-state index in [0.717, 1.165) is 12.8 Å². The van der Waals surface area contributed by atoms with Gasteiger partial charge in [0.05, 0.1) is 0 Å². The van der Waals surface area contributed by atoms with Crippen LogP contribution in [0.2, 0.25) is 0 Å². The Morgan fingerprint density at radius 1 is 1.43 bits per heavy atom. The number of hydrogen-bond donors (Lipinski definition) is 1. The summed E-state index contributed by atoms with van der Waals surface area (Å²) in [5.74, 6) is -2.23. The zero-order valence-electron chi connectivity index (χ0n) is 8.91. The average Bonchev–Trinajstić information content (AvgIpc) is 2.42. The minimum absolute atomic E-state index is 0.180. The van der Waals surface area contributed by atoms with E-state index in [4.69, 9.17) is 5.11 Å². The maximum Gasteiger partial charge on any atom is 0.315 e. The Morgan fingerprint density at radius 3 is 2.36 bits per heavy atom. The number of carbonyl (C=O) groups is 2. The van der Waals surface area contributed by atoms with Gasteiger partial charge in [0, 0.05) is 12.1 Å². The van der Waals surface area contributed by atoms with Crippen LogP contribution in [0.5, 0.6) is 0 Å². The van der Waals surface area contributed by atoms with Crippen LogP contribution in [0, 0.1) is 5.92 Å². The minimum Gasteiger partial charge on any atom is -0.481 e. The van der Waals surface area contributed by atoms with Crippen molar-refractivity contribution < 1.29 is 14.7 Å². The zero-order valence-corrected chi connectivity index (χ0v) is 8.91. The molecule has 0 aromatic rings. The Hall–Kier alpha value is -1.06. The van der Waals surface area contributed by atoms with Crippen molar-refractivity contribution in [3.05, 3.63) is 0 Å². The average molecular weight is 199 g/mol. The second-order valence-electron chi connectivity index (χ2n) is 4.47. The molecule has 4 heteroatoms. The number of nitrogens with zero attached hydrogens (tertiary/aromatic N) is 1. The van der Waals surface area contributed by atoms with Gasteiger partial charge in [0.25, 0.3) is 0 Å². The van der Waals surface area contributed by atoms with Gasteiger partial charge in [-0.3, -0.25) is 9.59 Å². The number of likely N-dealkylation sites (tertiary alicyclic amines) is 1. The summed E-state index contributed by atoms with van der Waals surface area (Å²) < 4.78 is 0. The van der Waals surface area contributed by atoms with Gasteiger partial charge in [-0.15, -0.1) is 0 Å². The second kappa shape index (κ2) is 3.59. The molecule has 0 aliphatic carbocycles. The quantitative estimate of drug-likeness (QED) is 0.678. The fourth-order valence-electron chi connectivity index (χ4n) is 1.86. The lowest BCUT2D eigenvalue weighted by Gasteiger charge is -2.32. The first-order chi connectivity index (χ1) is 6.36. The second-order valence-corrected chi connectivity index (χ2v) is 4.47. The third-order valence-corrected chi connectivity index (χ3v) is 2.91. The van der Waals surface area contributed by atoms with Crippen molar-refractivity contribution in [1.82, 2.24) is 4.90 Å². The van der Waals surface area contributed by atoms with Crippen LogP contribution >= 0.6 is 0 Å². The molecular formula is C10H17NO3. The first-order valence-corrected chi connectivity index (χ1v) is 4.90. The molecule has 0 bridgehead atoms. The lowest BCUT2D eigenvalue weighted by molar-refractivity contribution is -0.151. The number of aliphatic carboxylic acids is 1. The van der Waals surface area contributed by atoms with Gasteiger partial charge < -0.3 is 10.0 Å². The van der Waals surface area contributed by atoms with Crippen LogP contribution in [0.25, 0.3) is 0 Å². The third-order valence-electron chi connectivity index (χ3n) is 2.91. The highest BCUT2D eigenvalue weighted by Crippen LogP contribution is 2.29. The van der Waals surface area contributed by atoms with Crippen LogP contribution in [0.4, 0.5) is 0 Å². The van der Waals surface area contributed by atoms with E-state index in [-0.39, 0.29) is 11.4 Å². The van der Waals surface area contributed by atoms with Crippen LogP contribution < -0.4 is 0 Å². The van der Waals surface area contributed by atoms with Crippen LogP contribution in [-0.2, 0) is 9.59 Å². The Labute approximate surface area is 83.9 Å². The molecule has 0 aromatic carbocycles. The fourth-order valence-corrected chi connectivity index (χ4v) is 1.86. The van der Waals surface area contributed by atoms with Crippen molar-refractivity contribution in [2.24, 2.45) is 5.92 Å². The zero-order chi connectivity index (χ0) is 10.9. The molecule has 1 aliphatic rings. The number of hydrogen-bond acceptors (Lipinski definition) is 2. The topological polar surface area (TPSA) is 57.6 Å². The Kier molecular flexibility index (Phi) is 2.83. The van der Waals surface area contributed by atoms with Gasteiger partial charge in [0.1, 0.15) is 5.92 Å². The molecule has 1 atom stereocenters.